The van der Waals surface area contributed by atoms with Gasteiger partial charge in [0.05, 0.1) is 25.0 Å². The Bertz CT molecular complexity index is 556. The van der Waals surface area contributed by atoms with Crippen molar-refractivity contribution in [2.24, 2.45) is 5.84 Å². The first-order chi connectivity index (χ1) is 8.60. The van der Waals surface area contributed by atoms with Crippen molar-refractivity contribution >= 4 is 5.91 Å². The van der Waals surface area contributed by atoms with Crippen molar-refractivity contribution in [3.05, 3.63) is 29.3 Å². The van der Waals surface area contributed by atoms with Gasteiger partial charge in [-0.05, 0) is 19.9 Å². The fraction of sp³-hybridized carbons (Fsp3) is 0.400. The summed E-state index contributed by atoms with van der Waals surface area (Å²) in [5.41, 5.74) is 4.28. The topological polar surface area (TPSA) is 104 Å². The first-order valence-corrected chi connectivity index (χ1v) is 5.52. The van der Waals surface area contributed by atoms with Crippen LogP contribution in [0.5, 0.6) is 0 Å². The largest absolute Gasteiger partial charge is 0.289 e. The summed E-state index contributed by atoms with van der Waals surface area (Å²) in [5, 5.41) is 11.9. The van der Waals surface area contributed by atoms with Crippen LogP contribution >= 0.6 is 0 Å². The third-order valence-corrected chi connectivity index (χ3v) is 2.55. The first kappa shape index (κ1) is 12.2. The van der Waals surface area contributed by atoms with E-state index in [1.807, 2.05) is 30.0 Å². The van der Waals surface area contributed by atoms with Crippen molar-refractivity contribution in [3.8, 4) is 0 Å². The summed E-state index contributed by atoms with van der Waals surface area (Å²) in [6, 6.07) is 2.01. The standard InChI is InChI=1S/C10H15N7O/c1-7-5-8(2)17(14-7)4-3-16-6-9(13-15-16)10(18)12-11/h5-6H,3-4,11H2,1-2H3,(H,12,18). The van der Waals surface area contributed by atoms with Gasteiger partial charge in [-0.3, -0.25) is 14.9 Å². The fourth-order valence-electron chi connectivity index (χ4n) is 1.68. The molecule has 0 atom stereocenters. The third kappa shape index (κ3) is 2.54. The molecule has 0 aliphatic heterocycles. The van der Waals surface area contributed by atoms with Crippen LogP contribution in [0.1, 0.15) is 21.9 Å². The molecule has 2 aromatic rings. The number of nitrogens with two attached hydrogens (primary N) is 1. The van der Waals surface area contributed by atoms with E-state index in [9.17, 15) is 4.79 Å². The number of nitrogen functional groups attached to an aromatic ring is 1. The minimum absolute atomic E-state index is 0.200. The lowest BCUT2D eigenvalue weighted by atomic mass is 10.4. The maximum absolute atomic E-state index is 11.2. The predicted octanol–water partition coefficient (Wildman–Crippen LogP) is -0.605. The number of hydrazine groups is 1. The number of hydrogen-bond donors (Lipinski definition) is 2. The molecule has 2 rings (SSSR count). The molecule has 0 unspecified atom stereocenters. The van der Waals surface area contributed by atoms with Crippen LogP contribution in [0.2, 0.25) is 0 Å². The summed E-state index contributed by atoms with van der Waals surface area (Å²) in [5.74, 6) is 4.56. The van der Waals surface area contributed by atoms with Crippen molar-refractivity contribution in [3.63, 3.8) is 0 Å². The highest BCUT2D eigenvalue weighted by Crippen LogP contribution is 2.02. The zero-order valence-corrected chi connectivity index (χ0v) is 10.3. The van der Waals surface area contributed by atoms with Gasteiger partial charge in [0.25, 0.3) is 5.91 Å². The molecule has 18 heavy (non-hydrogen) atoms. The summed E-state index contributed by atoms with van der Waals surface area (Å²) < 4.78 is 3.47. The van der Waals surface area contributed by atoms with Crippen molar-refractivity contribution in [2.45, 2.75) is 26.9 Å². The Hall–Kier alpha value is -2.22. The Morgan fingerprint density at radius 1 is 1.44 bits per heavy atom. The van der Waals surface area contributed by atoms with Gasteiger partial charge in [0.15, 0.2) is 5.69 Å². The minimum atomic E-state index is -0.452. The Morgan fingerprint density at radius 3 is 2.83 bits per heavy atom. The molecule has 1 amide bonds. The van der Waals surface area contributed by atoms with Gasteiger partial charge in [0, 0.05) is 5.69 Å². The van der Waals surface area contributed by atoms with Crippen LogP contribution in [0.15, 0.2) is 12.3 Å². The van der Waals surface area contributed by atoms with Crippen LogP contribution in [0.4, 0.5) is 0 Å². The van der Waals surface area contributed by atoms with Crippen LogP contribution in [0, 0.1) is 13.8 Å². The molecule has 0 radical (unpaired) electrons. The summed E-state index contributed by atoms with van der Waals surface area (Å²) in [6.07, 6.45) is 1.55. The summed E-state index contributed by atoms with van der Waals surface area (Å²) in [7, 11) is 0. The van der Waals surface area contributed by atoms with Gasteiger partial charge in [0.1, 0.15) is 0 Å². The molecule has 2 heterocycles. The van der Waals surface area contributed by atoms with E-state index in [0.29, 0.717) is 13.1 Å². The SMILES string of the molecule is Cc1cc(C)n(CCn2cc(C(=O)NN)nn2)n1. The van der Waals surface area contributed by atoms with Gasteiger partial charge in [0.2, 0.25) is 0 Å². The molecular weight excluding hydrogens is 234 g/mol. The number of rotatable bonds is 4. The van der Waals surface area contributed by atoms with E-state index < -0.39 is 5.91 Å². The number of carbonyl (C=O) groups is 1. The van der Waals surface area contributed by atoms with Gasteiger partial charge in [-0.2, -0.15) is 5.10 Å². The molecule has 8 nitrogen and oxygen atoms in total. The lowest BCUT2D eigenvalue weighted by molar-refractivity contribution is 0.0948. The van der Waals surface area contributed by atoms with Crippen molar-refractivity contribution < 1.29 is 4.79 Å². The molecule has 0 aliphatic carbocycles. The van der Waals surface area contributed by atoms with E-state index in [4.69, 9.17) is 5.84 Å². The molecule has 0 saturated heterocycles. The Morgan fingerprint density at radius 2 is 2.22 bits per heavy atom. The van der Waals surface area contributed by atoms with Crippen LogP contribution in [0.25, 0.3) is 0 Å². The molecule has 0 aliphatic rings. The predicted molar refractivity (Wildman–Crippen MR) is 63.4 cm³/mol. The highest BCUT2D eigenvalue weighted by Gasteiger charge is 2.09. The van der Waals surface area contributed by atoms with E-state index in [1.165, 1.54) is 0 Å². The van der Waals surface area contributed by atoms with E-state index in [1.54, 1.807) is 10.9 Å². The monoisotopic (exact) mass is 249 g/mol. The second kappa shape index (κ2) is 4.96. The van der Waals surface area contributed by atoms with Crippen LogP contribution < -0.4 is 11.3 Å². The number of amides is 1. The Balaban J connectivity index is 2.00. The number of aryl methyl sites for hydroxylation is 4. The van der Waals surface area contributed by atoms with E-state index in [2.05, 4.69) is 15.4 Å². The van der Waals surface area contributed by atoms with Crippen molar-refractivity contribution in [1.82, 2.24) is 30.2 Å². The molecule has 0 bridgehead atoms. The number of hydrogen-bond acceptors (Lipinski definition) is 5. The van der Waals surface area contributed by atoms with Gasteiger partial charge in [-0.25, -0.2) is 10.5 Å². The van der Waals surface area contributed by atoms with Gasteiger partial charge in [-0.15, -0.1) is 5.10 Å². The quantitative estimate of drug-likeness (QED) is 0.427. The van der Waals surface area contributed by atoms with E-state index in [-0.39, 0.29) is 5.69 Å². The lowest BCUT2D eigenvalue weighted by Gasteiger charge is -2.03. The van der Waals surface area contributed by atoms with E-state index in [0.717, 1.165) is 11.4 Å². The second-order valence-corrected chi connectivity index (χ2v) is 3.99. The first-order valence-electron chi connectivity index (χ1n) is 5.52. The van der Waals surface area contributed by atoms with Crippen LogP contribution in [0.3, 0.4) is 0 Å². The average molecular weight is 249 g/mol. The van der Waals surface area contributed by atoms with Crippen molar-refractivity contribution in [2.75, 3.05) is 0 Å². The molecule has 2 aromatic heterocycles. The maximum Gasteiger partial charge on any atom is 0.287 e. The Kier molecular flexibility index (Phi) is 3.38. The molecule has 0 fully saturated rings. The number of aromatic nitrogens is 5. The summed E-state index contributed by atoms with van der Waals surface area (Å²) in [4.78, 5) is 11.2. The average Bonchev–Trinajstić information content (AvgIpc) is 2.92. The molecule has 0 aromatic carbocycles. The molecular formula is C10H15N7O. The molecule has 8 heteroatoms. The molecule has 3 N–H and O–H groups in total. The lowest BCUT2D eigenvalue weighted by Crippen LogP contribution is -2.30. The highest BCUT2D eigenvalue weighted by atomic mass is 16.2. The number of nitrogens with zero attached hydrogens (tertiary/aromatic N) is 5. The second-order valence-electron chi connectivity index (χ2n) is 3.99. The van der Waals surface area contributed by atoms with Crippen LogP contribution in [-0.2, 0) is 13.1 Å². The fourth-order valence-corrected chi connectivity index (χ4v) is 1.68. The molecule has 0 spiro atoms. The zero-order valence-electron chi connectivity index (χ0n) is 10.3. The zero-order chi connectivity index (χ0) is 13.1. The smallest absolute Gasteiger partial charge is 0.287 e. The van der Waals surface area contributed by atoms with Crippen LogP contribution in [-0.4, -0.2) is 30.7 Å². The Labute approximate surface area is 104 Å². The van der Waals surface area contributed by atoms with Crippen molar-refractivity contribution in [1.29, 1.82) is 0 Å². The van der Waals surface area contributed by atoms with Gasteiger partial charge >= 0.3 is 0 Å². The maximum atomic E-state index is 11.2. The van der Waals surface area contributed by atoms with Gasteiger partial charge in [-0.1, -0.05) is 5.21 Å². The molecule has 0 saturated carbocycles. The number of carbonyl (C=O) groups excluding carboxylic acids is 1. The third-order valence-electron chi connectivity index (χ3n) is 2.55. The molecule has 96 valence electrons. The van der Waals surface area contributed by atoms with E-state index >= 15 is 0 Å². The summed E-state index contributed by atoms with van der Waals surface area (Å²) in [6.45, 7) is 5.21. The number of nitrogens with one attached hydrogen (secondary N) is 1. The normalized spacial score (nSPS) is 10.6. The highest BCUT2D eigenvalue weighted by molar-refractivity contribution is 5.91. The minimum Gasteiger partial charge on any atom is -0.289 e. The van der Waals surface area contributed by atoms with Gasteiger partial charge < -0.3 is 0 Å². The summed E-state index contributed by atoms with van der Waals surface area (Å²) >= 11 is 0.